The van der Waals surface area contributed by atoms with Crippen LogP contribution >= 0.6 is 0 Å². The van der Waals surface area contributed by atoms with Gasteiger partial charge in [-0.05, 0) is 44.9 Å². The van der Waals surface area contributed by atoms with E-state index < -0.39 is 5.60 Å². The highest BCUT2D eigenvalue weighted by molar-refractivity contribution is 5.79. The molecule has 2 aliphatic rings. The maximum absolute atomic E-state index is 12.4. The van der Waals surface area contributed by atoms with Crippen molar-refractivity contribution in [1.29, 1.82) is 0 Å². The molecule has 0 radical (unpaired) electrons. The molecule has 110 valence electrons. The summed E-state index contributed by atoms with van der Waals surface area (Å²) in [6, 6.07) is 0. The minimum atomic E-state index is -0.659. The number of aliphatic hydroxyl groups is 1. The third-order valence-electron chi connectivity index (χ3n) is 4.93. The van der Waals surface area contributed by atoms with E-state index in [0.29, 0.717) is 12.5 Å². The highest BCUT2D eigenvalue weighted by Gasteiger charge is 2.37. The van der Waals surface area contributed by atoms with Gasteiger partial charge in [-0.15, -0.1) is 0 Å². The number of nitrogens with zero attached hydrogens (tertiary/aromatic N) is 1. The first-order valence-electron chi connectivity index (χ1n) is 8.03. The maximum Gasteiger partial charge on any atom is 0.225 e. The SMILES string of the molecule is CCCCC1CCC(C(=O)N2CCC(C)(O)C2)CC1. The van der Waals surface area contributed by atoms with Crippen molar-refractivity contribution < 1.29 is 9.90 Å². The Labute approximate surface area is 117 Å². The molecule has 0 aromatic rings. The Hall–Kier alpha value is -0.570. The van der Waals surface area contributed by atoms with Gasteiger partial charge in [-0.25, -0.2) is 0 Å². The van der Waals surface area contributed by atoms with Gasteiger partial charge >= 0.3 is 0 Å². The molecule has 1 aliphatic carbocycles. The molecule has 0 spiro atoms. The van der Waals surface area contributed by atoms with E-state index in [4.69, 9.17) is 0 Å². The lowest BCUT2D eigenvalue weighted by molar-refractivity contribution is -0.136. The second-order valence-corrected chi connectivity index (χ2v) is 6.87. The highest BCUT2D eigenvalue weighted by atomic mass is 16.3. The number of likely N-dealkylation sites (tertiary alicyclic amines) is 1. The van der Waals surface area contributed by atoms with E-state index in [1.807, 2.05) is 11.8 Å². The molecule has 0 aromatic carbocycles. The van der Waals surface area contributed by atoms with Crippen molar-refractivity contribution >= 4 is 5.91 Å². The van der Waals surface area contributed by atoms with Crippen LogP contribution in [0.4, 0.5) is 0 Å². The first kappa shape index (κ1) is 14.8. The van der Waals surface area contributed by atoms with Gasteiger partial charge in [-0.2, -0.15) is 0 Å². The molecule has 1 unspecified atom stereocenters. The zero-order chi connectivity index (χ0) is 13.9. The molecule has 1 heterocycles. The third kappa shape index (κ3) is 3.95. The number of carbonyl (C=O) groups is 1. The van der Waals surface area contributed by atoms with Gasteiger partial charge in [0.2, 0.25) is 5.91 Å². The molecule has 3 heteroatoms. The van der Waals surface area contributed by atoms with Crippen LogP contribution < -0.4 is 0 Å². The van der Waals surface area contributed by atoms with Crippen molar-refractivity contribution in [3.05, 3.63) is 0 Å². The van der Waals surface area contributed by atoms with Gasteiger partial charge in [0, 0.05) is 19.0 Å². The van der Waals surface area contributed by atoms with Crippen LogP contribution in [0.15, 0.2) is 0 Å². The fourth-order valence-electron chi connectivity index (χ4n) is 3.58. The number of rotatable bonds is 4. The second-order valence-electron chi connectivity index (χ2n) is 6.87. The Kier molecular flexibility index (Phi) is 4.88. The van der Waals surface area contributed by atoms with Crippen molar-refractivity contribution in [2.24, 2.45) is 11.8 Å². The van der Waals surface area contributed by atoms with Crippen LogP contribution in [-0.2, 0) is 4.79 Å². The zero-order valence-electron chi connectivity index (χ0n) is 12.5. The van der Waals surface area contributed by atoms with E-state index in [1.165, 1.54) is 32.1 Å². The number of hydrogen-bond donors (Lipinski definition) is 1. The highest BCUT2D eigenvalue weighted by Crippen LogP contribution is 2.34. The molecule has 19 heavy (non-hydrogen) atoms. The summed E-state index contributed by atoms with van der Waals surface area (Å²) >= 11 is 0. The largest absolute Gasteiger partial charge is 0.388 e. The van der Waals surface area contributed by atoms with E-state index in [1.54, 1.807) is 0 Å². The zero-order valence-corrected chi connectivity index (χ0v) is 12.5. The average molecular weight is 267 g/mol. The Morgan fingerprint density at radius 2 is 2.00 bits per heavy atom. The van der Waals surface area contributed by atoms with Gasteiger partial charge in [0.25, 0.3) is 0 Å². The summed E-state index contributed by atoms with van der Waals surface area (Å²) < 4.78 is 0. The first-order chi connectivity index (χ1) is 9.02. The summed E-state index contributed by atoms with van der Waals surface area (Å²) in [7, 11) is 0. The van der Waals surface area contributed by atoms with Crippen molar-refractivity contribution in [2.75, 3.05) is 13.1 Å². The van der Waals surface area contributed by atoms with Gasteiger partial charge in [-0.1, -0.05) is 26.2 Å². The van der Waals surface area contributed by atoms with Gasteiger partial charge in [0.05, 0.1) is 5.60 Å². The van der Waals surface area contributed by atoms with Crippen LogP contribution in [0.5, 0.6) is 0 Å². The number of carbonyl (C=O) groups excluding carboxylic acids is 1. The quantitative estimate of drug-likeness (QED) is 0.850. The molecule has 1 N–H and O–H groups in total. The summed E-state index contributed by atoms with van der Waals surface area (Å²) in [4.78, 5) is 14.3. The van der Waals surface area contributed by atoms with Crippen LogP contribution in [0.25, 0.3) is 0 Å². The second kappa shape index (κ2) is 6.25. The molecule has 1 atom stereocenters. The lowest BCUT2D eigenvalue weighted by Crippen LogP contribution is -2.38. The predicted octanol–water partition coefficient (Wildman–Crippen LogP) is 2.97. The minimum Gasteiger partial charge on any atom is -0.388 e. The van der Waals surface area contributed by atoms with Crippen molar-refractivity contribution in [3.8, 4) is 0 Å². The van der Waals surface area contributed by atoms with E-state index in [9.17, 15) is 9.90 Å². The number of β-amino-alcohol motifs (C(OH)–C–C–N with tert-alkyl or cyclic N) is 1. The van der Waals surface area contributed by atoms with Crippen LogP contribution in [0.2, 0.25) is 0 Å². The Balaban J connectivity index is 1.77. The van der Waals surface area contributed by atoms with E-state index in [2.05, 4.69) is 6.92 Å². The predicted molar refractivity (Wildman–Crippen MR) is 76.8 cm³/mol. The smallest absolute Gasteiger partial charge is 0.225 e. The van der Waals surface area contributed by atoms with Gasteiger partial charge in [0.1, 0.15) is 0 Å². The van der Waals surface area contributed by atoms with Gasteiger partial charge in [0.15, 0.2) is 0 Å². The standard InChI is InChI=1S/C16H29NO2/c1-3-4-5-13-6-8-14(9-7-13)15(18)17-11-10-16(2,19)12-17/h13-14,19H,3-12H2,1-2H3. The molecular formula is C16H29NO2. The third-order valence-corrected chi connectivity index (χ3v) is 4.93. The van der Waals surface area contributed by atoms with Crippen LogP contribution in [0, 0.1) is 11.8 Å². The fourth-order valence-corrected chi connectivity index (χ4v) is 3.58. The van der Waals surface area contributed by atoms with Crippen LogP contribution in [0.3, 0.4) is 0 Å². The summed E-state index contributed by atoms with van der Waals surface area (Å²) in [6.07, 6.45) is 9.25. The topological polar surface area (TPSA) is 40.5 Å². The molecule has 2 fully saturated rings. The number of amides is 1. The molecule has 1 saturated carbocycles. The molecule has 3 nitrogen and oxygen atoms in total. The van der Waals surface area contributed by atoms with E-state index in [-0.39, 0.29) is 5.92 Å². The molecule has 2 rings (SSSR count). The lowest BCUT2D eigenvalue weighted by Gasteiger charge is -2.30. The van der Waals surface area contributed by atoms with Gasteiger partial charge < -0.3 is 10.0 Å². The summed E-state index contributed by atoms with van der Waals surface area (Å²) in [5.74, 6) is 1.38. The van der Waals surface area contributed by atoms with Crippen molar-refractivity contribution in [3.63, 3.8) is 0 Å². The van der Waals surface area contributed by atoms with Crippen molar-refractivity contribution in [2.45, 2.75) is 70.8 Å². The Morgan fingerprint density at radius 1 is 1.32 bits per heavy atom. The van der Waals surface area contributed by atoms with Gasteiger partial charge in [-0.3, -0.25) is 4.79 Å². The van der Waals surface area contributed by atoms with Crippen LogP contribution in [0.1, 0.15) is 65.2 Å². The molecule has 1 amide bonds. The normalized spacial score (nSPS) is 35.6. The monoisotopic (exact) mass is 267 g/mol. The maximum atomic E-state index is 12.4. The summed E-state index contributed by atoms with van der Waals surface area (Å²) in [5, 5.41) is 9.96. The summed E-state index contributed by atoms with van der Waals surface area (Å²) in [6.45, 7) is 5.35. The summed E-state index contributed by atoms with van der Waals surface area (Å²) in [5.41, 5.74) is -0.659. The average Bonchev–Trinajstić information content (AvgIpc) is 2.76. The number of unbranched alkanes of at least 4 members (excludes halogenated alkanes) is 1. The molecule has 1 saturated heterocycles. The Morgan fingerprint density at radius 3 is 2.53 bits per heavy atom. The molecule has 0 bridgehead atoms. The molecule has 1 aliphatic heterocycles. The fraction of sp³-hybridized carbons (Fsp3) is 0.938. The van der Waals surface area contributed by atoms with E-state index in [0.717, 1.165) is 31.7 Å². The van der Waals surface area contributed by atoms with Crippen LogP contribution in [-0.4, -0.2) is 34.6 Å². The first-order valence-corrected chi connectivity index (χ1v) is 8.03. The molecule has 0 aromatic heterocycles. The molecular weight excluding hydrogens is 238 g/mol. The minimum absolute atomic E-state index is 0.228. The Bertz CT molecular complexity index is 306. The van der Waals surface area contributed by atoms with Crippen molar-refractivity contribution in [1.82, 2.24) is 4.90 Å². The lowest BCUT2D eigenvalue weighted by atomic mass is 9.79. The van der Waals surface area contributed by atoms with E-state index >= 15 is 0 Å². The number of hydrogen-bond acceptors (Lipinski definition) is 2.